The van der Waals surface area contributed by atoms with E-state index in [1.54, 1.807) is 6.92 Å². The van der Waals surface area contributed by atoms with E-state index in [2.05, 4.69) is 0 Å². The van der Waals surface area contributed by atoms with Crippen LogP contribution < -0.4 is 0 Å². The Kier molecular flexibility index (Phi) is 3.50. The minimum absolute atomic E-state index is 0.224. The Balaban J connectivity index is 1.89. The van der Waals surface area contributed by atoms with Crippen LogP contribution in [0.1, 0.15) is 32.6 Å². The summed E-state index contributed by atoms with van der Waals surface area (Å²) in [5.41, 5.74) is 0. The molecule has 2 aliphatic rings. The molecule has 16 heavy (non-hydrogen) atoms. The zero-order valence-corrected chi connectivity index (χ0v) is 9.80. The van der Waals surface area contributed by atoms with Gasteiger partial charge in [-0.25, -0.2) is 0 Å². The van der Waals surface area contributed by atoms with Gasteiger partial charge in [0.2, 0.25) is 0 Å². The summed E-state index contributed by atoms with van der Waals surface area (Å²) in [6.45, 7) is 3.18. The lowest BCUT2D eigenvalue weighted by molar-refractivity contribution is -0.144. The van der Waals surface area contributed by atoms with E-state index in [4.69, 9.17) is 5.11 Å². The molecule has 3 unspecified atom stereocenters. The van der Waals surface area contributed by atoms with Crippen molar-refractivity contribution in [2.24, 2.45) is 11.8 Å². The molecule has 2 fully saturated rings. The highest BCUT2D eigenvalue weighted by Crippen LogP contribution is 2.38. The maximum absolute atomic E-state index is 10.9. The molecule has 1 saturated heterocycles. The Morgan fingerprint density at radius 1 is 1.44 bits per heavy atom. The Hall–Kier alpha value is -0.610. The van der Waals surface area contributed by atoms with Gasteiger partial charge < -0.3 is 10.2 Å². The molecule has 0 aromatic heterocycles. The maximum atomic E-state index is 10.9. The van der Waals surface area contributed by atoms with Gasteiger partial charge in [-0.3, -0.25) is 9.69 Å². The van der Waals surface area contributed by atoms with Gasteiger partial charge in [-0.2, -0.15) is 0 Å². The van der Waals surface area contributed by atoms with Crippen LogP contribution in [-0.2, 0) is 4.79 Å². The zero-order chi connectivity index (χ0) is 11.7. The van der Waals surface area contributed by atoms with E-state index in [-0.39, 0.29) is 12.0 Å². The second-order valence-corrected chi connectivity index (χ2v) is 5.30. The highest BCUT2D eigenvalue weighted by molar-refractivity contribution is 5.72. The van der Waals surface area contributed by atoms with Gasteiger partial charge in [0, 0.05) is 13.1 Å². The lowest BCUT2D eigenvalue weighted by atomic mass is 9.89. The van der Waals surface area contributed by atoms with Crippen LogP contribution in [0.2, 0.25) is 0 Å². The summed E-state index contributed by atoms with van der Waals surface area (Å²) in [6.07, 6.45) is 4.15. The van der Waals surface area contributed by atoms with Gasteiger partial charge in [-0.15, -0.1) is 0 Å². The Morgan fingerprint density at radius 3 is 2.69 bits per heavy atom. The monoisotopic (exact) mass is 227 g/mol. The van der Waals surface area contributed by atoms with Crippen LogP contribution in [-0.4, -0.2) is 46.3 Å². The van der Waals surface area contributed by atoms with Crippen LogP contribution in [0.15, 0.2) is 0 Å². The highest BCUT2D eigenvalue weighted by atomic mass is 16.4. The van der Waals surface area contributed by atoms with Crippen LogP contribution in [0, 0.1) is 11.8 Å². The van der Waals surface area contributed by atoms with E-state index >= 15 is 0 Å². The molecular weight excluding hydrogens is 206 g/mol. The first kappa shape index (κ1) is 11.9. The molecule has 0 aromatic carbocycles. The molecular formula is C12H21NO3. The smallest absolute Gasteiger partial charge is 0.320 e. The fourth-order valence-corrected chi connectivity index (χ4v) is 2.57. The Labute approximate surface area is 96.3 Å². The predicted molar refractivity (Wildman–Crippen MR) is 60.1 cm³/mol. The lowest BCUT2D eigenvalue weighted by Crippen LogP contribution is -2.49. The van der Waals surface area contributed by atoms with E-state index < -0.39 is 12.0 Å². The average molecular weight is 227 g/mol. The lowest BCUT2D eigenvalue weighted by Gasteiger charge is -2.38. The molecule has 0 radical (unpaired) electrons. The second kappa shape index (κ2) is 4.72. The normalized spacial score (nSPS) is 33.6. The van der Waals surface area contributed by atoms with Crippen molar-refractivity contribution in [3.8, 4) is 0 Å². The summed E-state index contributed by atoms with van der Waals surface area (Å²) in [5.74, 6) is 0.310. The molecule has 0 aromatic rings. The third kappa shape index (κ3) is 2.74. The molecule has 3 atom stereocenters. The van der Waals surface area contributed by atoms with Gasteiger partial charge in [-0.05, 0) is 31.6 Å². The molecule has 1 aliphatic heterocycles. The number of rotatable bonds is 4. The Bertz CT molecular complexity index is 265. The first-order valence-corrected chi connectivity index (χ1v) is 6.23. The number of carbonyl (C=O) groups is 1. The van der Waals surface area contributed by atoms with Crippen molar-refractivity contribution < 1.29 is 15.0 Å². The number of likely N-dealkylation sites (tertiary alicyclic amines) is 1. The third-order valence-corrected chi connectivity index (χ3v) is 3.96. The largest absolute Gasteiger partial charge is 0.480 e. The third-order valence-electron chi connectivity index (χ3n) is 3.96. The molecule has 4 nitrogen and oxygen atoms in total. The summed E-state index contributed by atoms with van der Waals surface area (Å²) >= 11 is 0. The number of aliphatic hydroxyl groups is 1. The number of hydrogen-bond acceptors (Lipinski definition) is 3. The van der Waals surface area contributed by atoms with E-state index in [9.17, 15) is 9.90 Å². The molecule has 1 saturated carbocycles. The summed E-state index contributed by atoms with van der Waals surface area (Å²) in [5, 5.41) is 18.9. The number of aliphatic carboxylic acids is 1. The second-order valence-electron chi connectivity index (χ2n) is 5.30. The topological polar surface area (TPSA) is 60.8 Å². The van der Waals surface area contributed by atoms with Gasteiger partial charge in [0.25, 0.3) is 0 Å². The van der Waals surface area contributed by atoms with Crippen molar-refractivity contribution in [2.45, 2.75) is 44.8 Å². The van der Waals surface area contributed by atoms with Crippen LogP contribution >= 0.6 is 0 Å². The van der Waals surface area contributed by atoms with Crippen molar-refractivity contribution in [1.82, 2.24) is 4.90 Å². The number of piperidine rings is 1. The van der Waals surface area contributed by atoms with Crippen LogP contribution in [0.3, 0.4) is 0 Å². The number of carboxylic acid groups (broad SMARTS) is 1. The fourth-order valence-electron chi connectivity index (χ4n) is 2.57. The zero-order valence-electron chi connectivity index (χ0n) is 9.80. The molecule has 0 spiro atoms. The summed E-state index contributed by atoms with van der Waals surface area (Å²) < 4.78 is 0. The standard InChI is InChI=1S/C12H21NO3/c1-8(12(15)16)13-5-4-11(14)10(7-13)6-9-2-3-9/h8-11,14H,2-7H2,1H3,(H,15,16). The first-order valence-electron chi connectivity index (χ1n) is 6.23. The summed E-state index contributed by atoms with van der Waals surface area (Å²) in [7, 11) is 0. The molecule has 0 amide bonds. The molecule has 4 heteroatoms. The number of nitrogens with zero attached hydrogens (tertiary/aromatic N) is 1. The van der Waals surface area contributed by atoms with Crippen LogP contribution in [0.5, 0.6) is 0 Å². The number of aliphatic hydroxyl groups excluding tert-OH is 1. The molecule has 2 N–H and O–H groups in total. The van der Waals surface area contributed by atoms with Crippen LogP contribution in [0.4, 0.5) is 0 Å². The van der Waals surface area contributed by atoms with E-state index in [1.165, 1.54) is 12.8 Å². The van der Waals surface area contributed by atoms with Crippen LogP contribution in [0.25, 0.3) is 0 Å². The van der Waals surface area contributed by atoms with Gasteiger partial charge in [0.1, 0.15) is 6.04 Å². The van der Waals surface area contributed by atoms with Crippen molar-refractivity contribution in [1.29, 1.82) is 0 Å². The van der Waals surface area contributed by atoms with Gasteiger partial charge in [0.05, 0.1) is 6.10 Å². The molecule has 2 rings (SSSR count). The SMILES string of the molecule is CC(C(=O)O)N1CCC(O)C(CC2CC2)C1. The van der Waals surface area contributed by atoms with Gasteiger partial charge in [-0.1, -0.05) is 12.8 Å². The quantitative estimate of drug-likeness (QED) is 0.750. The van der Waals surface area contributed by atoms with Gasteiger partial charge >= 0.3 is 5.97 Å². The molecule has 0 bridgehead atoms. The van der Waals surface area contributed by atoms with Crippen molar-refractivity contribution in [2.75, 3.05) is 13.1 Å². The molecule has 1 heterocycles. The molecule has 1 aliphatic carbocycles. The van der Waals surface area contributed by atoms with E-state index in [0.29, 0.717) is 6.54 Å². The first-order chi connectivity index (χ1) is 7.58. The van der Waals surface area contributed by atoms with E-state index in [0.717, 1.165) is 25.3 Å². The fraction of sp³-hybridized carbons (Fsp3) is 0.917. The van der Waals surface area contributed by atoms with Crippen molar-refractivity contribution in [3.05, 3.63) is 0 Å². The molecule has 92 valence electrons. The average Bonchev–Trinajstić information content (AvgIpc) is 3.04. The van der Waals surface area contributed by atoms with E-state index in [1.807, 2.05) is 4.90 Å². The van der Waals surface area contributed by atoms with Gasteiger partial charge in [0.15, 0.2) is 0 Å². The van der Waals surface area contributed by atoms with Crippen molar-refractivity contribution in [3.63, 3.8) is 0 Å². The minimum atomic E-state index is -0.762. The Morgan fingerprint density at radius 2 is 2.12 bits per heavy atom. The van der Waals surface area contributed by atoms with Crippen molar-refractivity contribution >= 4 is 5.97 Å². The highest BCUT2D eigenvalue weighted by Gasteiger charge is 2.35. The number of carboxylic acids is 1. The summed E-state index contributed by atoms with van der Waals surface area (Å²) in [6, 6.07) is -0.422. The maximum Gasteiger partial charge on any atom is 0.320 e. The predicted octanol–water partition coefficient (Wildman–Crippen LogP) is 0.942. The summed E-state index contributed by atoms with van der Waals surface area (Å²) in [4.78, 5) is 12.9. The minimum Gasteiger partial charge on any atom is -0.480 e. The number of hydrogen-bond donors (Lipinski definition) is 2.